The van der Waals surface area contributed by atoms with Gasteiger partial charge in [0.1, 0.15) is 6.61 Å². The zero-order chi connectivity index (χ0) is 24.2. The van der Waals surface area contributed by atoms with Crippen LogP contribution in [-0.4, -0.2) is 40.4 Å². The van der Waals surface area contributed by atoms with Crippen molar-refractivity contribution >= 4 is 28.8 Å². The molecule has 34 heavy (non-hydrogen) atoms. The molecule has 2 aromatic rings. The molecule has 0 N–H and O–H groups in total. The Morgan fingerprint density at radius 2 is 1.76 bits per heavy atom. The standard InChI is InChI=1S/C26H28N2O5S/c1-5-31-20-13-12-19(14-21(20)32-6-2)23-22(25(30)33-15-18-10-8-7-9-11-18)16(3)27-26-28(23)24(29)17(4)34-26/h7-14,17,23H,5-6,15H2,1-4H3/t17-,23-/m0/s1. The second-order valence-corrected chi connectivity index (χ2v) is 9.21. The van der Waals surface area contributed by atoms with Gasteiger partial charge in [0.2, 0.25) is 5.91 Å². The number of rotatable bonds is 8. The lowest BCUT2D eigenvalue weighted by Gasteiger charge is -2.33. The molecule has 0 bridgehead atoms. The van der Waals surface area contributed by atoms with Crippen molar-refractivity contribution < 1.29 is 23.8 Å². The summed E-state index contributed by atoms with van der Waals surface area (Å²) in [5.74, 6) is 0.579. The molecule has 2 heterocycles. The van der Waals surface area contributed by atoms with Crippen molar-refractivity contribution in [2.75, 3.05) is 13.2 Å². The lowest BCUT2D eigenvalue weighted by atomic mass is 9.94. The molecule has 1 saturated heterocycles. The predicted molar refractivity (Wildman–Crippen MR) is 132 cm³/mol. The van der Waals surface area contributed by atoms with Gasteiger partial charge >= 0.3 is 5.97 Å². The molecule has 2 aliphatic heterocycles. The zero-order valence-corrected chi connectivity index (χ0v) is 20.6. The second kappa shape index (κ2) is 10.3. The third-order valence-electron chi connectivity index (χ3n) is 5.57. The number of benzene rings is 2. The maximum atomic E-state index is 13.4. The van der Waals surface area contributed by atoms with Gasteiger partial charge in [-0.05, 0) is 51.0 Å². The molecule has 2 aliphatic rings. The third-order valence-corrected chi connectivity index (χ3v) is 6.63. The number of thioether (sulfide) groups is 1. The molecule has 8 heteroatoms. The van der Waals surface area contributed by atoms with Gasteiger partial charge in [0, 0.05) is 0 Å². The van der Waals surface area contributed by atoms with Crippen molar-refractivity contribution in [1.29, 1.82) is 0 Å². The molecule has 7 nitrogen and oxygen atoms in total. The predicted octanol–water partition coefficient (Wildman–Crippen LogP) is 4.88. The molecule has 1 fully saturated rings. The highest BCUT2D eigenvalue weighted by Gasteiger charge is 2.46. The Morgan fingerprint density at radius 3 is 2.47 bits per heavy atom. The minimum atomic E-state index is -0.671. The van der Waals surface area contributed by atoms with Crippen LogP contribution in [0.25, 0.3) is 0 Å². The SMILES string of the molecule is CCOc1ccc([C@H]2C(C(=O)OCc3ccccc3)=C(C)N=C3S[C@@H](C)C(=O)N32)cc1OCC. The van der Waals surface area contributed by atoms with E-state index in [0.29, 0.717) is 41.2 Å². The summed E-state index contributed by atoms with van der Waals surface area (Å²) in [6.07, 6.45) is 0. The van der Waals surface area contributed by atoms with Gasteiger partial charge in [-0.15, -0.1) is 0 Å². The van der Waals surface area contributed by atoms with Crippen molar-refractivity contribution in [3.8, 4) is 11.5 Å². The van der Waals surface area contributed by atoms with Crippen LogP contribution in [0.4, 0.5) is 0 Å². The van der Waals surface area contributed by atoms with E-state index in [1.807, 2.05) is 69.3 Å². The Kier molecular flexibility index (Phi) is 7.26. The van der Waals surface area contributed by atoms with E-state index in [9.17, 15) is 9.59 Å². The first-order chi connectivity index (χ1) is 16.4. The fraction of sp³-hybridized carbons (Fsp3) is 0.346. The van der Waals surface area contributed by atoms with E-state index in [-0.39, 0.29) is 17.8 Å². The quantitative estimate of drug-likeness (QED) is 0.502. The maximum Gasteiger partial charge on any atom is 0.338 e. The maximum absolute atomic E-state index is 13.4. The lowest BCUT2D eigenvalue weighted by Crippen LogP contribution is -2.40. The Balaban J connectivity index is 1.74. The largest absolute Gasteiger partial charge is 0.490 e. The molecule has 0 radical (unpaired) electrons. The van der Waals surface area contributed by atoms with Gasteiger partial charge in [0.05, 0.1) is 35.8 Å². The number of hydrogen-bond donors (Lipinski definition) is 0. The highest BCUT2D eigenvalue weighted by molar-refractivity contribution is 8.15. The highest BCUT2D eigenvalue weighted by Crippen LogP contribution is 2.45. The first-order valence-electron chi connectivity index (χ1n) is 11.3. The number of allylic oxidation sites excluding steroid dienone is 1. The van der Waals surface area contributed by atoms with Crippen molar-refractivity contribution in [1.82, 2.24) is 4.90 Å². The van der Waals surface area contributed by atoms with Crippen LogP contribution in [0, 0.1) is 0 Å². The molecular formula is C26H28N2O5S. The molecule has 178 valence electrons. The molecule has 0 unspecified atom stereocenters. The minimum Gasteiger partial charge on any atom is -0.490 e. The first-order valence-corrected chi connectivity index (χ1v) is 12.2. The van der Waals surface area contributed by atoms with E-state index in [1.165, 1.54) is 11.8 Å². The highest BCUT2D eigenvalue weighted by atomic mass is 32.2. The number of nitrogens with zero attached hydrogens (tertiary/aromatic N) is 2. The molecule has 0 aromatic heterocycles. The molecule has 2 atom stereocenters. The van der Waals surface area contributed by atoms with Crippen molar-refractivity contribution in [2.24, 2.45) is 4.99 Å². The number of ether oxygens (including phenoxy) is 3. The van der Waals surface area contributed by atoms with Crippen LogP contribution in [0.5, 0.6) is 11.5 Å². The summed E-state index contributed by atoms with van der Waals surface area (Å²) < 4.78 is 17.2. The van der Waals surface area contributed by atoms with Crippen LogP contribution in [-0.2, 0) is 20.9 Å². The number of esters is 1. The Bertz CT molecular complexity index is 1150. The Labute approximate surface area is 203 Å². The van der Waals surface area contributed by atoms with Crippen LogP contribution in [0.1, 0.15) is 44.9 Å². The van der Waals surface area contributed by atoms with Gasteiger partial charge in [-0.25, -0.2) is 9.79 Å². The summed E-state index contributed by atoms with van der Waals surface area (Å²) in [4.78, 5) is 32.7. The number of amidine groups is 1. The van der Waals surface area contributed by atoms with Gasteiger partial charge in [0.15, 0.2) is 16.7 Å². The van der Waals surface area contributed by atoms with Gasteiger partial charge in [-0.2, -0.15) is 0 Å². The molecule has 0 saturated carbocycles. The smallest absolute Gasteiger partial charge is 0.338 e. The minimum absolute atomic E-state index is 0.0959. The van der Waals surface area contributed by atoms with Crippen LogP contribution in [0.3, 0.4) is 0 Å². The molecule has 4 rings (SSSR count). The van der Waals surface area contributed by atoms with Gasteiger partial charge in [-0.3, -0.25) is 9.69 Å². The van der Waals surface area contributed by atoms with Gasteiger partial charge in [0.25, 0.3) is 0 Å². The van der Waals surface area contributed by atoms with E-state index >= 15 is 0 Å². The number of fused-ring (bicyclic) bond motifs is 1. The molecule has 1 amide bonds. The average molecular weight is 481 g/mol. The number of carbonyl (C=O) groups excluding carboxylic acids is 2. The van der Waals surface area contributed by atoms with E-state index in [1.54, 1.807) is 11.8 Å². The first kappa shape index (κ1) is 23.9. The van der Waals surface area contributed by atoms with Crippen molar-refractivity contribution in [3.05, 3.63) is 70.9 Å². The topological polar surface area (TPSA) is 77.4 Å². The fourth-order valence-electron chi connectivity index (χ4n) is 4.02. The zero-order valence-electron chi connectivity index (χ0n) is 19.7. The molecule has 0 aliphatic carbocycles. The van der Waals surface area contributed by atoms with E-state index in [4.69, 9.17) is 14.2 Å². The second-order valence-electron chi connectivity index (χ2n) is 7.90. The summed E-state index contributed by atoms with van der Waals surface area (Å²) in [5, 5.41) is 0.300. The van der Waals surface area contributed by atoms with E-state index in [0.717, 1.165) is 11.1 Å². The Morgan fingerprint density at radius 1 is 1.06 bits per heavy atom. The van der Waals surface area contributed by atoms with Gasteiger partial charge in [-0.1, -0.05) is 48.2 Å². The molecule has 2 aromatic carbocycles. The van der Waals surface area contributed by atoms with Crippen LogP contribution in [0.2, 0.25) is 0 Å². The number of amides is 1. The fourth-order valence-corrected chi connectivity index (χ4v) is 5.05. The molecular weight excluding hydrogens is 452 g/mol. The number of hydrogen-bond acceptors (Lipinski definition) is 7. The van der Waals surface area contributed by atoms with E-state index < -0.39 is 12.0 Å². The summed E-state index contributed by atoms with van der Waals surface area (Å²) in [5.41, 5.74) is 2.49. The van der Waals surface area contributed by atoms with Crippen LogP contribution >= 0.6 is 11.8 Å². The third kappa shape index (κ3) is 4.68. The summed E-state index contributed by atoms with van der Waals surface area (Å²) in [6, 6.07) is 14.3. The summed E-state index contributed by atoms with van der Waals surface area (Å²) >= 11 is 1.39. The van der Waals surface area contributed by atoms with Crippen molar-refractivity contribution in [2.45, 2.75) is 45.6 Å². The van der Waals surface area contributed by atoms with Crippen LogP contribution in [0.15, 0.2) is 64.8 Å². The van der Waals surface area contributed by atoms with Crippen LogP contribution < -0.4 is 9.47 Å². The average Bonchev–Trinajstić information content (AvgIpc) is 3.11. The lowest BCUT2D eigenvalue weighted by molar-refractivity contribution is -0.141. The van der Waals surface area contributed by atoms with Crippen molar-refractivity contribution in [3.63, 3.8) is 0 Å². The van der Waals surface area contributed by atoms with Gasteiger partial charge < -0.3 is 14.2 Å². The summed E-state index contributed by atoms with van der Waals surface area (Å²) in [6.45, 7) is 8.51. The monoisotopic (exact) mass is 480 g/mol. The number of carbonyl (C=O) groups is 2. The number of aliphatic imine (C=N–C) groups is 1. The summed E-state index contributed by atoms with van der Waals surface area (Å²) in [7, 11) is 0. The molecule has 0 spiro atoms. The van der Waals surface area contributed by atoms with E-state index in [2.05, 4.69) is 4.99 Å². The Hall–Kier alpha value is -3.26. The normalized spacial score (nSPS) is 19.6.